The van der Waals surface area contributed by atoms with Crippen molar-refractivity contribution in [3.05, 3.63) is 59.7 Å². The van der Waals surface area contributed by atoms with Gasteiger partial charge in [-0.2, -0.15) is 0 Å². The van der Waals surface area contributed by atoms with Gasteiger partial charge in [0.15, 0.2) is 9.79 Å². The molecule has 7 heteroatoms. The molecule has 0 N–H and O–H groups in total. The van der Waals surface area contributed by atoms with Crippen molar-refractivity contribution < 1.29 is 17.5 Å². The van der Waals surface area contributed by atoms with Crippen molar-refractivity contribution >= 4 is 32.2 Å². The molecule has 2 aromatic rings. The average molecular weight is 964 g/mol. The fraction of sp³-hybridized carbons (Fsp3) is 0.793. The van der Waals surface area contributed by atoms with Crippen molar-refractivity contribution in [1.82, 2.24) is 0 Å². The second kappa shape index (κ2) is 48.1. The van der Waals surface area contributed by atoms with E-state index in [0.717, 1.165) is 0 Å². The normalized spacial score (nSPS) is 11.5. The van der Waals surface area contributed by atoms with Crippen LogP contribution in [0.4, 0.5) is 0 Å². The first-order valence-electron chi connectivity index (χ1n) is 27.7. The predicted octanol–water partition coefficient (Wildman–Crippen LogP) is 18.7. The molecule has 0 aliphatic heterocycles. The van der Waals surface area contributed by atoms with Gasteiger partial charge in [0.1, 0.15) is 23.0 Å². The first-order valence-corrected chi connectivity index (χ1v) is 32.2. The van der Waals surface area contributed by atoms with E-state index in [2.05, 4.69) is 90.1 Å². The van der Waals surface area contributed by atoms with Crippen molar-refractivity contribution in [3.8, 4) is 0 Å². The summed E-state index contributed by atoms with van der Waals surface area (Å²) in [6.07, 6.45) is 51.8. The Kier molecular flexibility index (Phi) is 47.3. The molecule has 0 fully saturated rings. The van der Waals surface area contributed by atoms with Crippen LogP contribution in [-0.4, -0.2) is 40.5 Å². The number of benzene rings is 2. The van der Waals surface area contributed by atoms with E-state index in [1.54, 1.807) is 9.79 Å². The zero-order valence-corrected chi connectivity index (χ0v) is 46.2. The molecular formula is C58H106O4S3. The van der Waals surface area contributed by atoms with Crippen LogP contribution in [0.2, 0.25) is 0 Å². The van der Waals surface area contributed by atoms with Gasteiger partial charge in [-0.1, -0.05) is 243 Å². The maximum Gasteiger partial charge on any atom is 0.154 e. The first-order chi connectivity index (χ1) is 31.5. The smallest absolute Gasteiger partial charge is 0.154 e. The lowest BCUT2D eigenvalue weighted by molar-refractivity contribution is 0.352. The van der Waals surface area contributed by atoms with E-state index in [0.29, 0.717) is 21.8 Å². The quantitative estimate of drug-likeness (QED) is 0.0287. The van der Waals surface area contributed by atoms with Crippen LogP contribution in [0.5, 0.6) is 0 Å². The summed E-state index contributed by atoms with van der Waals surface area (Å²) in [6.45, 7) is 13.6. The Morgan fingerprint density at radius 3 is 0.631 bits per heavy atom. The SMILES string of the molecule is CCCCCCCCCCC[S+](CCCCCCCCCCC)c1ccc(C)cc1.CCCCCCCCCCC[S+](CCCCCCCCCCC)c1ccc(C)cc1.O=S(=O)([O-])[O-]. The third kappa shape index (κ3) is 46.5. The van der Waals surface area contributed by atoms with Gasteiger partial charge in [-0.05, 0) is 89.5 Å². The van der Waals surface area contributed by atoms with Gasteiger partial charge in [0.25, 0.3) is 0 Å². The fourth-order valence-electron chi connectivity index (χ4n) is 8.48. The number of hydrogen-bond acceptors (Lipinski definition) is 4. The minimum atomic E-state index is -5.17. The molecule has 0 saturated carbocycles. The van der Waals surface area contributed by atoms with Gasteiger partial charge in [-0.25, -0.2) is 0 Å². The van der Waals surface area contributed by atoms with Gasteiger partial charge in [0, 0.05) is 32.2 Å². The van der Waals surface area contributed by atoms with Crippen LogP contribution >= 0.6 is 0 Å². The van der Waals surface area contributed by atoms with Gasteiger partial charge in [-0.3, -0.25) is 8.42 Å². The number of hydrogen-bond donors (Lipinski definition) is 0. The van der Waals surface area contributed by atoms with Gasteiger partial charge in [-0.15, -0.1) is 0 Å². The number of aryl methyl sites for hydroxylation is 2. The lowest BCUT2D eigenvalue weighted by Crippen LogP contribution is -2.13. The van der Waals surface area contributed by atoms with Gasteiger partial charge in [0.05, 0.1) is 0 Å². The highest BCUT2D eigenvalue weighted by molar-refractivity contribution is 7.97. The molecule has 2 rings (SSSR count). The molecule has 0 amide bonds. The average Bonchev–Trinajstić information content (AvgIpc) is 3.28. The van der Waals surface area contributed by atoms with E-state index < -0.39 is 10.4 Å². The molecule has 380 valence electrons. The molecule has 0 aliphatic carbocycles. The van der Waals surface area contributed by atoms with Crippen LogP contribution in [0, 0.1) is 13.8 Å². The fourth-order valence-corrected chi connectivity index (χ4v) is 13.1. The van der Waals surface area contributed by atoms with Crippen LogP contribution in [0.15, 0.2) is 58.3 Å². The van der Waals surface area contributed by atoms with E-state index in [1.165, 1.54) is 265 Å². The third-order valence-electron chi connectivity index (χ3n) is 12.7. The molecule has 0 unspecified atom stereocenters. The van der Waals surface area contributed by atoms with Gasteiger partial charge >= 0.3 is 0 Å². The molecule has 0 bridgehead atoms. The summed E-state index contributed by atoms with van der Waals surface area (Å²) in [5.41, 5.74) is 2.79. The van der Waals surface area contributed by atoms with Crippen molar-refractivity contribution in [2.24, 2.45) is 0 Å². The number of unbranched alkanes of at least 4 members (excludes halogenated alkanes) is 32. The minimum Gasteiger partial charge on any atom is -0.759 e. The molecular weight excluding hydrogens is 857 g/mol. The van der Waals surface area contributed by atoms with E-state index in [-0.39, 0.29) is 0 Å². The molecule has 0 saturated heterocycles. The summed E-state index contributed by atoms with van der Waals surface area (Å²) >= 11 is 0. The molecule has 0 atom stereocenters. The third-order valence-corrected chi connectivity index (χ3v) is 17.7. The first kappa shape index (κ1) is 64.0. The van der Waals surface area contributed by atoms with Crippen molar-refractivity contribution in [2.45, 2.75) is 282 Å². The second-order valence-electron chi connectivity index (χ2n) is 19.2. The van der Waals surface area contributed by atoms with Crippen molar-refractivity contribution in [3.63, 3.8) is 0 Å². The second-order valence-corrected chi connectivity index (χ2v) is 24.5. The summed E-state index contributed by atoms with van der Waals surface area (Å²) in [6, 6.07) is 19.0. The van der Waals surface area contributed by atoms with E-state index in [4.69, 9.17) is 17.5 Å². The molecule has 0 aliphatic rings. The Labute approximate surface area is 412 Å². The lowest BCUT2D eigenvalue weighted by atomic mass is 10.1. The molecule has 65 heavy (non-hydrogen) atoms. The maximum absolute atomic E-state index is 8.52. The van der Waals surface area contributed by atoms with Gasteiger partial charge in [0.2, 0.25) is 0 Å². The highest BCUT2D eigenvalue weighted by Gasteiger charge is 2.22. The zero-order chi connectivity index (χ0) is 47.9. The number of rotatable bonds is 42. The van der Waals surface area contributed by atoms with E-state index in [9.17, 15) is 0 Å². The highest BCUT2D eigenvalue weighted by Crippen LogP contribution is 2.23. The summed E-state index contributed by atoms with van der Waals surface area (Å²) in [5, 5.41) is 0. The topological polar surface area (TPSA) is 80.3 Å². The van der Waals surface area contributed by atoms with Crippen LogP contribution in [0.3, 0.4) is 0 Å². The lowest BCUT2D eigenvalue weighted by Gasteiger charge is -2.10. The molecule has 0 radical (unpaired) electrons. The van der Waals surface area contributed by atoms with Gasteiger partial charge < -0.3 is 9.11 Å². The molecule has 0 heterocycles. The molecule has 0 spiro atoms. The Bertz CT molecular complexity index is 1210. The van der Waals surface area contributed by atoms with Crippen molar-refractivity contribution in [2.75, 3.05) is 23.0 Å². The van der Waals surface area contributed by atoms with Crippen LogP contribution in [-0.2, 0) is 32.2 Å². The predicted molar refractivity (Wildman–Crippen MR) is 292 cm³/mol. The standard InChI is InChI=1S/2C29H53S.H2O4S/c2*1-4-6-8-10-12-14-16-18-20-26-30(29-24-22-28(3)23-25-29)27-21-19-17-15-13-11-9-7-5-2;1-5(2,3)4/h2*22-25H,4-21,26-27H2,1-3H3;(H2,1,2,3,4)/q2*+1;/p-2. The minimum absolute atomic E-state index is 0.481. The van der Waals surface area contributed by atoms with Crippen LogP contribution in [0.1, 0.15) is 270 Å². The maximum atomic E-state index is 8.52. The van der Waals surface area contributed by atoms with Crippen molar-refractivity contribution in [1.29, 1.82) is 0 Å². The molecule has 4 nitrogen and oxygen atoms in total. The van der Waals surface area contributed by atoms with E-state index in [1.807, 2.05) is 0 Å². The van der Waals surface area contributed by atoms with Crippen LogP contribution < -0.4 is 0 Å². The Morgan fingerprint density at radius 2 is 0.462 bits per heavy atom. The Balaban J connectivity index is 0.00000114. The molecule has 0 aromatic heterocycles. The summed E-state index contributed by atoms with van der Waals surface area (Å²) in [5.74, 6) is 5.71. The molecule has 2 aromatic carbocycles. The summed E-state index contributed by atoms with van der Waals surface area (Å²) in [4.78, 5) is 3.25. The monoisotopic (exact) mass is 963 g/mol. The van der Waals surface area contributed by atoms with E-state index >= 15 is 0 Å². The Hall–Kier alpha value is -0.990. The Morgan fingerprint density at radius 1 is 0.308 bits per heavy atom. The zero-order valence-electron chi connectivity index (χ0n) is 43.8. The van der Waals surface area contributed by atoms with Crippen LogP contribution in [0.25, 0.3) is 0 Å². The largest absolute Gasteiger partial charge is 0.759 e. The summed E-state index contributed by atoms with van der Waals surface area (Å²) < 4.78 is 34.1. The summed E-state index contributed by atoms with van der Waals surface area (Å²) in [7, 11) is -4.20. The highest BCUT2D eigenvalue weighted by atomic mass is 32.3.